The Kier molecular flexibility index (Phi) is 4.63. The van der Waals surface area contributed by atoms with Crippen molar-refractivity contribution in [3.63, 3.8) is 0 Å². The van der Waals surface area contributed by atoms with E-state index in [2.05, 4.69) is 17.1 Å². The highest BCUT2D eigenvalue weighted by atomic mass is 19.1. The van der Waals surface area contributed by atoms with Crippen LogP contribution in [0.1, 0.15) is 30.7 Å². The van der Waals surface area contributed by atoms with Gasteiger partial charge in [-0.3, -0.25) is 0 Å². The van der Waals surface area contributed by atoms with Crippen molar-refractivity contribution in [2.45, 2.75) is 33.2 Å². The third-order valence-corrected chi connectivity index (χ3v) is 3.15. The Balaban J connectivity index is 2.38. The summed E-state index contributed by atoms with van der Waals surface area (Å²) in [6.45, 7) is 4.42. The highest BCUT2D eigenvalue weighted by molar-refractivity contribution is 5.39. The molecule has 0 atom stereocenters. The van der Waals surface area contributed by atoms with Gasteiger partial charge in [-0.2, -0.15) is 5.10 Å². The van der Waals surface area contributed by atoms with Crippen LogP contribution in [0.5, 0.6) is 11.6 Å². The standard InChI is InChI=1S/C15H18FN3O/c1-3-12-13(9-17)15(19-18-14(12)4-2)20-11-7-5-10(16)6-8-11/h5-8H,3-4,9,17H2,1-2H3. The Morgan fingerprint density at radius 1 is 1.05 bits per heavy atom. The number of aromatic nitrogens is 2. The van der Waals surface area contributed by atoms with Gasteiger partial charge >= 0.3 is 0 Å². The van der Waals surface area contributed by atoms with E-state index in [1.807, 2.05) is 6.92 Å². The van der Waals surface area contributed by atoms with Crippen LogP contribution in [-0.4, -0.2) is 10.2 Å². The topological polar surface area (TPSA) is 61.0 Å². The van der Waals surface area contributed by atoms with E-state index in [0.29, 0.717) is 18.2 Å². The number of benzene rings is 1. The summed E-state index contributed by atoms with van der Waals surface area (Å²) >= 11 is 0. The highest BCUT2D eigenvalue weighted by Crippen LogP contribution is 2.26. The molecule has 1 aromatic carbocycles. The van der Waals surface area contributed by atoms with E-state index in [0.717, 1.165) is 29.7 Å². The fourth-order valence-electron chi connectivity index (χ4n) is 2.14. The summed E-state index contributed by atoms with van der Waals surface area (Å²) in [5, 5.41) is 8.29. The molecular weight excluding hydrogens is 257 g/mol. The van der Waals surface area contributed by atoms with Gasteiger partial charge in [0.2, 0.25) is 5.88 Å². The van der Waals surface area contributed by atoms with Gasteiger partial charge in [-0.05, 0) is 42.7 Å². The fraction of sp³-hybridized carbons (Fsp3) is 0.333. The van der Waals surface area contributed by atoms with Crippen molar-refractivity contribution < 1.29 is 9.13 Å². The Morgan fingerprint density at radius 3 is 2.30 bits per heavy atom. The molecule has 0 saturated carbocycles. The van der Waals surface area contributed by atoms with Gasteiger partial charge in [0.1, 0.15) is 11.6 Å². The van der Waals surface area contributed by atoms with Crippen molar-refractivity contribution in [2.24, 2.45) is 5.73 Å². The van der Waals surface area contributed by atoms with E-state index in [1.165, 1.54) is 12.1 Å². The summed E-state index contributed by atoms with van der Waals surface area (Å²) < 4.78 is 18.6. The lowest BCUT2D eigenvalue weighted by Crippen LogP contribution is -2.10. The van der Waals surface area contributed by atoms with Gasteiger partial charge in [0.15, 0.2) is 0 Å². The van der Waals surface area contributed by atoms with Crippen molar-refractivity contribution >= 4 is 0 Å². The van der Waals surface area contributed by atoms with Gasteiger partial charge in [0, 0.05) is 12.1 Å². The second kappa shape index (κ2) is 6.43. The summed E-state index contributed by atoms with van der Waals surface area (Å²) in [4.78, 5) is 0. The summed E-state index contributed by atoms with van der Waals surface area (Å²) in [5.74, 6) is 0.605. The van der Waals surface area contributed by atoms with Crippen LogP contribution < -0.4 is 10.5 Å². The van der Waals surface area contributed by atoms with Crippen LogP contribution in [-0.2, 0) is 19.4 Å². The van der Waals surface area contributed by atoms with E-state index in [-0.39, 0.29) is 5.82 Å². The van der Waals surface area contributed by atoms with Crippen molar-refractivity contribution in [1.29, 1.82) is 0 Å². The zero-order chi connectivity index (χ0) is 14.5. The van der Waals surface area contributed by atoms with Crippen LogP contribution in [0.4, 0.5) is 4.39 Å². The molecule has 1 heterocycles. The number of nitrogens with zero attached hydrogens (tertiary/aromatic N) is 2. The molecule has 0 spiro atoms. The van der Waals surface area contributed by atoms with Crippen molar-refractivity contribution in [2.75, 3.05) is 0 Å². The van der Waals surface area contributed by atoms with Gasteiger partial charge in [-0.15, -0.1) is 5.10 Å². The molecule has 1 aromatic heterocycles. The monoisotopic (exact) mass is 275 g/mol. The molecule has 0 aliphatic rings. The zero-order valence-corrected chi connectivity index (χ0v) is 11.7. The predicted molar refractivity (Wildman–Crippen MR) is 75.2 cm³/mol. The normalized spacial score (nSPS) is 10.6. The Morgan fingerprint density at radius 2 is 1.75 bits per heavy atom. The first kappa shape index (κ1) is 14.4. The van der Waals surface area contributed by atoms with Gasteiger partial charge in [-0.25, -0.2) is 4.39 Å². The van der Waals surface area contributed by atoms with E-state index >= 15 is 0 Å². The zero-order valence-electron chi connectivity index (χ0n) is 11.7. The predicted octanol–water partition coefficient (Wildman–Crippen LogP) is 2.99. The van der Waals surface area contributed by atoms with Gasteiger partial charge in [-0.1, -0.05) is 13.8 Å². The summed E-state index contributed by atoms with van der Waals surface area (Å²) in [6.07, 6.45) is 1.63. The van der Waals surface area contributed by atoms with Gasteiger partial charge in [0.25, 0.3) is 0 Å². The summed E-state index contributed by atoms with van der Waals surface area (Å²) in [6, 6.07) is 5.78. The molecule has 106 valence electrons. The van der Waals surface area contributed by atoms with Crippen molar-refractivity contribution in [3.05, 3.63) is 46.9 Å². The van der Waals surface area contributed by atoms with Crippen molar-refractivity contribution in [3.8, 4) is 11.6 Å². The average Bonchev–Trinajstić information content (AvgIpc) is 2.48. The number of nitrogens with two attached hydrogens (primary N) is 1. The maximum Gasteiger partial charge on any atom is 0.243 e. The molecule has 0 unspecified atom stereocenters. The lowest BCUT2D eigenvalue weighted by atomic mass is 10.0. The molecule has 20 heavy (non-hydrogen) atoms. The third-order valence-electron chi connectivity index (χ3n) is 3.15. The molecule has 0 fully saturated rings. The van der Waals surface area contributed by atoms with E-state index in [1.54, 1.807) is 12.1 Å². The molecule has 4 nitrogen and oxygen atoms in total. The maximum atomic E-state index is 12.9. The minimum Gasteiger partial charge on any atom is -0.437 e. The molecule has 0 aliphatic heterocycles. The van der Waals surface area contributed by atoms with Crippen LogP contribution in [0.15, 0.2) is 24.3 Å². The highest BCUT2D eigenvalue weighted by Gasteiger charge is 2.15. The largest absolute Gasteiger partial charge is 0.437 e. The lowest BCUT2D eigenvalue weighted by Gasteiger charge is -2.14. The molecule has 2 N–H and O–H groups in total. The van der Waals surface area contributed by atoms with E-state index in [4.69, 9.17) is 10.5 Å². The molecule has 2 rings (SSSR count). The fourth-order valence-corrected chi connectivity index (χ4v) is 2.14. The van der Waals surface area contributed by atoms with E-state index in [9.17, 15) is 4.39 Å². The van der Waals surface area contributed by atoms with Gasteiger partial charge in [0.05, 0.1) is 5.69 Å². The SMILES string of the molecule is CCc1nnc(Oc2ccc(F)cc2)c(CN)c1CC. The van der Waals surface area contributed by atoms with Crippen LogP contribution in [0.2, 0.25) is 0 Å². The number of ether oxygens (including phenoxy) is 1. The van der Waals surface area contributed by atoms with Crippen molar-refractivity contribution in [1.82, 2.24) is 10.2 Å². The second-order valence-corrected chi connectivity index (χ2v) is 4.38. The lowest BCUT2D eigenvalue weighted by molar-refractivity contribution is 0.444. The summed E-state index contributed by atoms with van der Waals surface area (Å²) in [7, 11) is 0. The summed E-state index contributed by atoms with van der Waals surface area (Å²) in [5.41, 5.74) is 8.71. The number of hydrogen-bond donors (Lipinski definition) is 1. The second-order valence-electron chi connectivity index (χ2n) is 4.38. The number of halogens is 1. The number of aryl methyl sites for hydroxylation is 1. The molecule has 0 bridgehead atoms. The van der Waals surface area contributed by atoms with Crippen LogP contribution in [0, 0.1) is 5.82 Å². The van der Waals surface area contributed by atoms with Crippen LogP contribution >= 0.6 is 0 Å². The molecule has 0 aliphatic carbocycles. The van der Waals surface area contributed by atoms with E-state index < -0.39 is 0 Å². The maximum absolute atomic E-state index is 12.9. The van der Waals surface area contributed by atoms with Crippen LogP contribution in [0.25, 0.3) is 0 Å². The first-order valence-corrected chi connectivity index (χ1v) is 6.70. The smallest absolute Gasteiger partial charge is 0.243 e. The van der Waals surface area contributed by atoms with Crippen LogP contribution in [0.3, 0.4) is 0 Å². The molecule has 0 radical (unpaired) electrons. The minimum atomic E-state index is -0.307. The molecule has 5 heteroatoms. The minimum absolute atomic E-state index is 0.307. The first-order chi connectivity index (χ1) is 9.69. The Hall–Kier alpha value is -2.01. The Labute approximate surface area is 117 Å². The number of hydrogen-bond acceptors (Lipinski definition) is 4. The third kappa shape index (κ3) is 2.93. The Bertz CT molecular complexity index is 584. The molecule has 2 aromatic rings. The molecule has 0 amide bonds. The molecule has 0 saturated heterocycles. The average molecular weight is 275 g/mol. The first-order valence-electron chi connectivity index (χ1n) is 6.70. The molecular formula is C15H18FN3O. The number of rotatable bonds is 5. The van der Waals surface area contributed by atoms with Gasteiger partial charge < -0.3 is 10.5 Å². The quantitative estimate of drug-likeness (QED) is 0.911.